The van der Waals surface area contributed by atoms with Crippen molar-refractivity contribution in [1.82, 2.24) is 10.6 Å². The zero-order valence-corrected chi connectivity index (χ0v) is 21.7. The summed E-state index contributed by atoms with van der Waals surface area (Å²) < 4.78 is 10.4. The first kappa shape index (κ1) is 35.5. The van der Waals surface area contributed by atoms with Gasteiger partial charge in [0, 0.05) is 13.1 Å². The van der Waals surface area contributed by atoms with Crippen LogP contribution in [0, 0.1) is 0 Å². The van der Waals surface area contributed by atoms with E-state index in [2.05, 4.69) is 48.8 Å². The highest BCUT2D eigenvalue weighted by atomic mass is 35.5. The lowest BCUT2D eigenvalue weighted by molar-refractivity contribution is -0.144. The predicted octanol–water partition coefficient (Wildman–Crippen LogP) is 5.15. The summed E-state index contributed by atoms with van der Waals surface area (Å²) in [7, 11) is 0. The van der Waals surface area contributed by atoms with E-state index >= 15 is 0 Å². The Morgan fingerprint density at radius 2 is 1.03 bits per heavy atom. The minimum absolute atomic E-state index is 0. The summed E-state index contributed by atoms with van der Waals surface area (Å²) in [6, 6.07) is 0. The fourth-order valence-corrected chi connectivity index (χ4v) is 2.62. The Kier molecular flexibility index (Phi) is 33.2. The van der Waals surface area contributed by atoms with Crippen LogP contribution in [0.4, 0.5) is 0 Å². The van der Waals surface area contributed by atoms with E-state index in [9.17, 15) is 9.59 Å². The first-order valence-corrected chi connectivity index (χ1v) is 11.7. The van der Waals surface area contributed by atoms with Gasteiger partial charge in [0.1, 0.15) is 0 Å². The number of carbonyl (C=O) groups is 2. The fraction of sp³-hybridized carbons (Fsp3) is 0.750. The molecule has 0 aromatic heterocycles. The molecule has 0 atom stereocenters. The minimum atomic E-state index is -0.132. The fourth-order valence-electron chi connectivity index (χ4n) is 2.62. The molecule has 0 aliphatic heterocycles. The van der Waals surface area contributed by atoms with Gasteiger partial charge in [-0.2, -0.15) is 0 Å². The maximum atomic E-state index is 11.6. The lowest BCUT2D eigenvalue weighted by Gasteiger charge is -2.07. The zero-order valence-electron chi connectivity index (χ0n) is 20.1. The number of unbranched alkanes of at least 4 members (excludes halogenated alkanes) is 3. The molecule has 2 N–H and O–H groups in total. The van der Waals surface area contributed by atoms with Crippen molar-refractivity contribution in [3.05, 3.63) is 24.3 Å². The molecule has 0 aliphatic carbocycles. The van der Waals surface area contributed by atoms with E-state index in [1.807, 2.05) is 0 Å². The van der Waals surface area contributed by atoms with Gasteiger partial charge >= 0.3 is 11.9 Å². The lowest BCUT2D eigenvalue weighted by Crippen LogP contribution is -2.23. The third-order valence-electron chi connectivity index (χ3n) is 4.33. The maximum Gasteiger partial charge on any atom is 0.307 e. The average Bonchev–Trinajstić information content (AvgIpc) is 2.74. The molecule has 0 aromatic carbocycles. The summed E-state index contributed by atoms with van der Waals surface area (Å²) in [4.78, 5) is 23.2. The van der Waals surface area contributed by atoms with Gasteiger partial charge in [-0.3, -0.25) is 9.59 Å². The molecule has 32 heavy (non-hydrogen) atoms. The number of halogens is 2. The van der Waals surface area contributed by atoms with Crippen molar-refractivity contribution in [2.24, 2.45) is 0 Å². The van der Waals surface area contributed by atoms with E-state index in [-0.39, 0.29) is 36.8 Å². The third kappa shape index (κ3) is 28.9. The van der Waals surface area contributed by atoms with Crippen LogP contribution < -0.4 is 10.6 Å². The second-order valence-electron chi connectivity index (χ2n) is 7.19. The molecule has 0 aromatic rings. The smallest absolute Gasteiger partial charge is 0.307 e. The minimum Gasteiger partial charge on any atom is -0.466 e. The Hall–Kier alpha value is -1.08. The van der Waals surface area contributed by atoms with Crippen molar-refractivity contribution in [3.8, 4) is 0 Å². The second kappa shape index (κ2) is 29.9. The molecule has 0 aliphatic rings. The van der Waals surface area contributed by atoms with Crippen LogP contribution in [0.15, 0.2) is 24.3 Å². The number of allylic oxidation sites excluding steroid dienone is 4. The van der Waals surface area contributed by atoms with Gasteiger partial charge in [-0.25, -0.2) is 0 Å². The number of carbonyl (C=O) groups excluding carboxylic acids is 2. The number of hydrogen-bond donors (Lipinski definition) is 2. The quantitative estimate of drug-likeness (QED) is 0.130. The predicted molar refractivity (Wildman–Crippen MR) is 138 cm³/mol. The number of esters is 2. The Bertz CT molecular complexity index is 433. The van der Waals surface area contributed by atoms with Gasteiger partial charge in [0.05, 0.1) is 26.1 Å². The van der Waals surface area contributed by atoms with Gasteiger partial charge in [-0.1, -0.05) is 38.2 Å². The average molecular weight is 498 g/mol. The SMILES string of the molecule is CC/C=C\CCCOC(=O)CCNCCCCNCCC(=O)OCCC/C=C\CC.Cl.Cl. The largest absolute Gasteiger partial charge is 0.466 e. The molecule has 0 fully saturated rings. The van der Waals surface area contributed by atoms with Crippen molar-refractivity contribution in [1.29, 1.82) is 0 Å². The van der Waals surface area contributed by atoms with Crippen LogP contribution in [0.2, 0.25) is 0 Å². The summed E-state index contributed by atoms with van der Waals surface area (Å²) in [5.74, 6) is -0.263. The molecule has 0 saturated carbocycles. The van der Waals surface area contributed by atoms with Crippen molar-refractivity contribution in [3.63, 3.8) is 0 Å². The van der Waals surface area contributed by atoms with Gasteiger partial charge in [-0.05, 0) is 64.5 Å². The Labute approximate surface area is 208 Å². The van der Waals surface area contributed by atoms with Crippen LogP contribution in [0.1, 0.15) is 78.1 Å². The van der Waals surface area contributed by atoms with Crippen LogP contribution in [-0.2, 0) is 19.1 Å². The first-order valence-electron chi connectivity index (χ1n) is 11.7. The highest BCUT2D eigenvalue weighted by Crippen LogP contribution is 1.96. The molecule has 8 heteroatoms. The van der Waals surface area contributed by atoms with Crippen LogP contribution >= 0.6 is 24.8 Å². The Balaban J connectivity index is -0.00000420. The highest BCUT2D eigenvalue weighted by molar-refractivity contribution is 5.85. The molecule has 0 amide bonds. The molecule has 6 nitrogen and oxygen atoms in total. The van der Waals surface area contributed by atoms with Crippen molar-refractivity contribution in [2.45, 2.75) is 78.1 Å². The van der Waals surface area contributed by atoms with Gasteiger partial charge < -0.3 is 20.1 Å². The molecule has 0 saturated heterocycles. The highest BCUT2D eigenvalue weighted by Gasteiger charge is 2.02. The van der Waals surface area contributed by atoms with E-state index < -0.39 is 0 Å². The van der Waals surface area contributed by atoms with Crippen molar-refractivity contribution in [2.75, 3.05) is 39.4 Å². The molecule has 0 rings (SSSR count). The number of rotatable bonds is 21. The number of ether oxygens (including phenoxy) is 2. The van der Waals surface area contributed by atoms with Crippen molar-refractivity contribution < 1.29 is 19.1 Å². The van der Waals surface area contributed by atoms with E-state index in [1.165, 1.54) is 0 Å². The maximum absolute atomic E-state index is 11.6. The Morgan fingerprint density at radius 1 is 0.625 bits per heavy atom. The van der Waals surface area contributed by atoms with E-state index in [0.29, 0.717) is 39.1 Å². The standard InChI is InChI=1S/C24H44N2O4.2ClH/c1-3-5-7-9-13-21-29-23(27)15-19-25-17-11-12-18-26-20-16-24(28)30-22-14-10-8-6-4-2;;/h5-8,25-26H,3-4,9-22H2,1-2H3;2*1H/b7-5-,8-6-;;. The summed E-state index contributed by atoms with van der Waals surface area (Å²) in [6.07, 6.45) is 17.2. The zero-order chi connectivity index (χ0) is 22.1. The molecule has 0 heterocycles. The van der Waals surface area contributed by atoms with E-state index in [1.54, 1.807) is 0 Å². The van der Waals surface area contributed by atoms with E-state index in [4.69, 9.17) is 9.47 Å². The topological polar surface area (TPSA) is 76.7 Å². The molecular weight excluding hydrogens is 451 g/mol. The summed E-state index contributed by atoms with van der Waals surface area (Å²) in [5.41, 5.74) is 0. The van der Waals surface area contributed by atoms with Gasteiger partial charge in [-0.15, -0.1) is 24.8 Å². The molecule has 0 bridgehead atoms. The second-order valence-corrected chi connectivity index (χ2v) is 7.19. The number of hydrogen-bond acceptors (Lipinski definition) is 6. The Morgan fingerprint density at radius 3 is 1.41 bits per heavy atom. The van der Waals surface area contributed by atoms with Crippen molar-refractivity contribution >= 4 is 36.8 Å². The molecule has 0 spiro atoms. The summed E-state index contributed by atoms with van der Waals surface area (Å²) >= 11 is 0. The van der Waals surface area contributed by atoms with Crippen LogP contribution in [0.25, 0.3) is 0 Å². The third-order valence-corrected chi connectivity index (χ3v) is 4.33. The number of nitrogens with one attached hydrogen (secondary N) is 2. The van der Waals surface area contributed by atoms with Gasteiger partial charge in [0.15, 0.2) is 0 Å². The lowest BCUT2D eigenvalue weighted by atomic mass is 10.3. The molecule has 190 valence electrons. The molecular formula is C24H46Cl2N2O4. The summed E-state index contributed by atoms with van der Waals surface area (Å²) in [6.45, 7) is 8.29. The monoisotopic (exact) mass is 496 g/mol. The van der Waals surface area contributed by atoms with E-state index in [0.717, 1.165) is 64.5 Å². The van der Waals surface area contributed by atoms with Crippen LogP contribution in [0.5, 0.6) is 0 Å². The van der Waals surface area contributed by atoms with Crippen LogP contribution in [-0.4, -0.2) is 51.3 Å². The molecule has 0 unspecified atom stereocenters. The van der Waals surface area contributed by atoms with Crippen LogP contribution in [0.3, 0.4) is 0 Å². The van der Waals surface area contributed by atoms with Gasteiger partial charge in [0.2, 0.25) is 0 Å². The molecule has 0 radical (unpaired) electrons. The summed E-state index contributed by atoms with van der Waals surface area (Å²) in [5, 5.41) is 6.53. The van der Waals surface area contributed by atoms with Gasteiger partial charge in [0.25, 0.3) is 0 Å². The normalized spacial score (nSPS) is 10.7. The first-order chi connectivity index (χ1) is 14.7.